The van der Waals surface area contributed by atoms with Crippen LogP contribution in [-0.4, -0.2) is 45.0 Å². The van der Waals surface area contributed by atoms with Crippen molar-refractivity contribution in [1.82, 2.24) is 4.90 Å². The molecule has 1 amide bonds. The van der Waals surface area contributed by atoms with Gasteiger partial charge in [-0.2, -0.15) is 0 Å². The number of thiophene rings is 1. The number of likely N-dealkylation sites (tertiary alicyclic amines) is 1. The van der Waals surface area contributed by atoms with E-state index < -0.39 is 10.0 Å². The number of nitrogens with two attached hydrogens (primary N) is 1. The second-order valence-corrected chi connectivity index (χ2v) is 7.88. The molecule has 1 aliphatic heterocycles. The Balaban J connectivity index is 2.17. The second kappa shape index (κ2) is 5.44. The van der Waals surface area contributed by atoms with Gasteiger partial charge in [0.2, 0.25) is 10.0 Å². The minimum Gasteiger partial charge on any atom is -0.377 e. The zero-order valence-electron chi connectivity index (χ0n) is 11.5. The van der Waals surface area contributed by atoms with Crippen LogP contribution in [0.5, 0.6) is 0 Å². The van der Waals surface area contributed by atoms with Gasteiger partial charge in [0.05, 0.1) is 11.2 Å². The van der Waals surface area contributed by atoms with E-state index in [1.165, 1.54) is 11.4 Å². The summed E-state index contributed by atoms with van der Waals surface area (Å²) in [6.45, 7) is 3.12. The maximum Gasteiger partial charge on any atom is 0.254 e. The summed E-state index contributed by atoms with van der Waals surface area (Å²) in [5, 5.41) is 6.58. The minimum absolute atomic E-state index is 0.00682. The number of hydrogen-bond acceptors (Lipinski definition) is 5. The Bertz CT molecular complexity index is 611. The van der Waals surface area contributed by atoms with Crippen LogP contribution >= 0.6 is 11.3 Å². The number of piperidine rings is 1. The van der Waals surface area contributed by atoms with Gasteiger partial charge in [-0.05, 0) is 25.8 Å². The van der Waals surface area contributed by atoms with Crippen molar-refractivity contribution >= 4 is 27.3 Å². The minimum atomic E-state index is -3.75. The number of nitrogens with zero attached hydrogens (tertiary/aromatic N) is 1. The third kappa shape index (κ3) is 3.20. The van der Waals surface area contributed by atoms with Crippen molar-refractivity contribution in [3.8, 4) is 0 Å². The summed E-state index contributed by atoms with van der Waals surface area (Å²) >= 11 is 0.963. The van der Waals surface area contributed by atoms with Crippen molar-refractivity contribution in [3.63, 3.8) is 0 Å². The van der Waals surface area contributed by atoms with Gasteiger partial charge in [0.25, 0.3) is 5.91 Å². The molecule has 0 radical (unpaired) electrons. The van der Waals surface area contributed by atoms with Gasteiger partial charge in [0.1, 0.15) is 4.21 Å². The Morgan fingerprint density at radius 1 is 1.55 bits per heavy atom. The molecule has 1 fully saturated rings. The summed E-state index contributed by atoms with van der Waals surface area (Å²) < 4.78 is 27.9. The Labute approximate surface area is 122 Å². The average Bonchev–Trinajstić information content (AvgIpc) is 2.87. The molecule has 1 aromatic rings. The van der Waals surface area contributed by atoms with Gasteiger partial charge >= 0.3 is 0 Å². The van der Waals surface area contributed by atoms with Crippen LogP contribution in [0.15, 0.2) is 15.7 Å². The van der Waals surface area contributed by atoms with Crippen LogP contribution in [0.2, 0.25) is 0 Å². The van der Waals surface area contributed by atoms with Crippen LogP contribution < -0.4 is 5.14 Å². The fourth-order valence-corrected chi connectivity index (χ4v) is 3.89. The quantitative estimate of drug-likeness (QED) is 0.901. The van der Waals surface area contributed by atoms with E-state index in [9.17, 15) is 13.2 Å². The summed E-state index contributed by atoms with van der Waals surface area (Å²) in [7, 11) is -2.11. The van der Waals surface area contributed by atoms with E-state index in [-0.39, 0.29) is 15.7 Å². The molecule has 0 spiro atoms. The van der Waals surface area contributed by atoms with Gasteiger partial charge in [-0.25, -0.2) is 13.6 Å². The molecule has 1 aromatic heterocycles. The summed E-state index contributed by atoms with van der Waals surface area (Å²) in [5.74, 6) is -0.181. The Kier molecular flexibility index (Phi) is 4.19. The summed E-state index contributed by atoms with van der Waals surface area (Å²) in [6.07, 6.45) is 1.77. The van der Waals surface area contributed by atoms with Gasteiger partial charge in [-0.1, -0.05) is 0 Å². The van der Waals surface area contributed by atoms with Gasteiger partial charge in [-0.15, -0.1) is 11.3 Å². The van der Waals surface area contributed by atoms with Crippen molar-refractivity contribution < 1.29 is 17.9 Å². The number of primary sulfonamides is 1. The van der Waals surface area contributed by atoms with E-state index in [0.717, 1.165) is 24.2 Å². The molecule has 2 N–H and O–H groups in total. The maximum absolute atomic E-state index is 12.4. The number of carbonyl (C=O) groups excluding carboxylic acids is 1. The molecule has 0 bridgehead atoms. The van der Waals surface area contributed by atoms with E-state index in [2.05, 4.69) is 0 Å². The zero-order chi connectivity index (χ0) is 15.0. The predicted octanol–water partition coefficient (Wildman–Crippen LogP) is 1.04. The Morgan fingerprint density at radius 2 is 2.25 bits per heavy atom. The molecule has 1 aliphatic rings. The highest BCUT2D eigenvalue weighted by atomic mass is 32.2. The number of carbonyl (C=O) groups is 1. The van der Waals surface area contributed by atoms with Gasteiger partial charge in [-0.3, -0.25) is 4.79 Å². The molecule has 0 saturated carbocycles. The molecule has 2 heterocycles. The molecule has 0 aliphatic carbocycles. The lowest BCUT2D eigenvalue weighted by Gasteiger charge is -2.39. The molecule has 0 aromatic carbocycles. The van der Waals surface area contributed by atoms with Crippen LogP contribution in [0, 0.1) is 0 Å². The third-order valence-electron chi connectivity index (χ3n) is 3.54. The molecular weight excluding hydrogens is 300 g/mol. The fourth-order valence-electron chi connectivity index (χ4n) is 2.31. The first-order chi connectivity index (χ1) is 9.25. The highest BCUT2D eigenvalue weighted by Crippen LogP contribution is 2.26. The third-order valence-corrected chi connectivity index (χ3v) is 5.93. The van der Waals surface area contributed by atoms with Crippen molar-refractivity contribution in [1.29, 1.82) is 0 Å². The van der Waals surface area contributed by atoms with Crippen LogP contribution in [-0.2, 0) is 14.8 Å². The number of ether oxygens (including phenoxy) is 1. The van der Waals surface area contributed by atoms with Gasteiger partial charge in [0, 0.05) is 25.6 Å². The number of methoxy groups -OCH3 is 1. The first kappa shape index (κ1) is 15.4. The molecule has 1 saturated heterocycles. The van der Waals surface area contributed by atoms with Crippen LogP contribution in [0.3, 0.4) is 0 Å². The normalized spacial score (nSPS) is 23.9. The second-order valence-electron chi connectivity index (χ2n) is 5.18. The number of sulfonamides is 1. The molecule has 6 nitrogen and oxygen atoms in total. The van der Waals surface area contributed by atoms with Crippen LogP contribution in [0.1, 0.15) is 30.1 Å². The summed E-state index contributed by atoms with van der Waals surface area (Å²) in [5.41, 5.74) is 0.0200. The maximum atomic E-state index is 12.4. The highest BCUT2D eigenvalue weighted by molar-refractivity contribution is 7.91. The molecule has 112 valence electrons. The molecule has 8 heteroatoms. The fraction of sp³-hybridized carbons (Fsp3) is 0.583. The van der Waals surface area contributed by atoms with E-state index in [4.69, 9.17) is 9.88 Å². The van der Waals surface area contributed by atoms with Crippen molar-refractivity contribution in [2.45, 2.75) is 29.6 Å². The Hall–Kier alpha value is -0.960. The molecule has 1 atom stereocenters. The van der Waals surface area contributed by atoms with Crippen molar-refractivity contribution in [2.24, 2.45) is 5.14 Å². The highest BCUT2D eigenvalue weighted by Gasteiger charge is 2.33. The smallest absolute Gasteiger partial charge is 0.254 e. The van der Waals surface area contributed by atoms with Crippen LogP contribution in [0.25, 0.3) is 0 Å². The van der Waals surface area contributed by atoms with Crippen LogP contribution in [0.4, 0.5) is 0 Å². The monoisotopic (exact) mass is 318 g/mol. The standard InChI is InChI=1S/C12H18N2O4S2/c1-12(18-2)4-3-5-14(8-12)11(15)9-6-10(19-7-9)20(13,16)17/h6-7H,3-5,8H2,1-2H3,(H2,13,16,17). The lowest BCUT2D eigenvalue weighted by Crippen LogP contribution is -2.49. The largest absolute Gasteiger partial charge is 0.377 e. The molecular formula is C12H18N2O4S2. The van der Waals surface area contributed by atoms with Gasteiger partial charge in [0.15, 0.2) is 0 Å². The SMILES string of the molecule is COC1(C)CCCN(C(=O)c2csc(S(N)(=O)=O)c2)C1. The van der Waals surface area contributed by atoms with Gasteiger partial charge < -0.3 is 9.64 Å². The Morgan fingerprint density at radius 3 is 2.80 bits per heavy atom. The lowest BCUT2D eigenvalue weighted by molar-refractivity contribution is -0.0440. The molecule has 20 heavy (non-hydrogen) atoms. The van der Waals surface area contributed by atoms with E-state index >= 15 is 0 Å². The first-order valence-electron chi connectivity index (χ1n) is 6.21. The lowest BCUT2D eigenvalue weighted by atomic mass is 9.94. The topological polar surface area (TPSA) is 89.7 Å². The zero-order valence-corrected chi connectivity index (χ0v) is 13.1. The average molecular weight is 318 g/mol. The van der Waals surface area contributed by atoms with Crippen molar-refractivity contribution in [3.05, 3.63) is 17.0 Å². The van der Waals surface area contributed by atoms with Crippen molar-refractivity contribution in [2.75, 3.05) is 20.2 Å². The number of amides is 1. The summed E-state index contributed by atoms with van der Waals surface area (Å²) in [4.78, 5) is 14.1. The first-order valence-corrected chi connectivity index (χ1v) is 8.63. The molecule has 1 unspecified atom stereocenters. The van der Waals surface area contributed by atoms with E-state index in [0.29, 0.717) is 18.7 Å². The van der Waals surface area contributed by atoms with E-state index in [1.54, 1.807) is 12.0 Å². The summed E-state index contributed by atoms with van der Waals surface area (Å²) in [6, 6.07) is 1.33. The number of hydrogen-bond donors (Lipinski definition) is 1. The number of rotatable bonds is 3. The van der Waals surface area contributed by atoms with E-state index in [1.807, 2.05) is 6.92 Å². The predicted molar refractivity (Wildman–Crippen MR) is 76.2 cm³/mol. The molecule has 2 rings (SSSR count).